The van der Waals surface area contributed by atoms with Crippen molar-refractivity contribution >= 4 is 11.7 Å². The van der Waals surface area contributed by atoms with Gasteiger partial charge in [0.15, 0.2) is 0 Å². The summed E-state index contributed by atoms with van der Waals surface area (Å²) in [6, 6.07) is 9.87. The quantitative estimate of drug-likeness (QED) is 0.626. The minimum Gasteiger partial charge on any atom is -0.384 e. The fourth-order valence-corrected chi connectivity index (χ4v) is 2.27. The van der Waals surface area contributed by atoms with Crippen molar-refractivity contribution in [1.29, 1.82) is 5.41 Å². The monoisotopic (exact) mass is 241 g/mol. The molecule has 3 rings (SSSR count). The molecule has 0 aliphatic carbocycles. The number of amidine groups is 1. The molecule has 0 saturated heterocycles. The van der Waals surface area contributed by atoms with Gasteiger partial charge in [-0.15, -0.1) is 0 Å². The van der Waals surface area contributed by atoms with Crippen LogP contribution in [-0.4, -0.2) is 22.2 Å². The number of nitrogens with two attached hydrogens (primary N) is 1. The fraction of sp³-hybridized carbons (Fsp3) is 0.231. The van der Waals surface area contributed by atoms with Crippen LogP contribution < -0.4 is 10.6 Å². The van der Waals surface area contributed by atoms with Crippen LogP contribution in [0.1, 0.15) is 11.1 Å². The van der Waals surface area contributed by atoms with Gasteiger partial charge in [0, 0.05) is 24.7 Å². The first kappa shape index (κ1) is 10.8. The van der Waals surface area contributed by atoms with Gasteiger partial charge in [-0.3, -0.25) is 5.41 Å². The van der Waals surface area contributed by atoms with Crippen LogP contribution in [-0.2, 0) is 13.1 Å². The molecule has 0 spiro atoms. The molecule has 2 aromatic rings. The summed E-state index contributed by atoms with van der Waals surface area (Å²) in [6.07, 6.45) is 1.83. The number of nitrogens with one attached hydrogen (secondary N) is 1. The van der Waals surface area contributed by atoms with Crippen molar-refractivity contribution in [2.75, 3.05) is 11.4 Å². The summed E-state index contributed by atoms with van der Waals surface area (Å²) in [4.78, 5) is 2.30. The molecule has 0 radical (unpaired) electrons. The van der Waals surface area contributed by atoms with E-state index in [4.69, 9.17) is 11.1 Å². The zero-order chi connectivity index (χ0) is 12.5. The Balaban J connectivity index is 1.76. The molecule has 0 saturated carbocycles. The van der Waals surface area contributed by atoms with E-state index in [9.17, 15) is 0 Å². The number of aromatic nitrogens is 2. The second-order valence-electron chi connectivity index (χ2n) is 4.44. The van der Waals surface area contributed by atoms with E-state index in [2.05, 4.69) is 10.00 Å². The maximum Gasteiger partial charge on any atom is 0.127 e. The van der Waals surface area contributed by atoms with E-state index in [0.717, 1.165) is 25.2 Å². The highest BCUT2D eigenvalue weighted by Crippen LogP contribution is 2.22. The van der Waals surface area contributed by atoms with Gasteiger partial charge < -0.3 is 10.6 Å². The molecule has 92 valence electrons. The Morgan fingerprint density at radius 2 is 2.00 bits per heavy atom. The molecule has 1 aromatic heterocycles. The number of benzene rings is 1. The molecule has 18 heavy (non-hydrogen) atoms. The van der Waals surface area contributed by atoms with Crippen molar-refractivity contribution in [3.63, 3.8) is 0 Å². The average Bonchev–Trinajstić information content (AvgIpc) is 2.95. The SMILES string of the molecule is N=C(N)c1ccc(CN2CCn3nccc32)cc1. The van der Waals surface area contributed by atoms with Crippen LogP contribution in [0.3, 0.4) is 0 Å². The molecule has 0 bridgehead atoms. The number of anilines is 1. The number of hydrogen-bond acceptors (Lipinski definition) is 3. The second-order valence-corrected chi connectivity index (χ2v) is 4.44. The molecule has 0 amide bonds. The third-order valence-electron chi connectivity index (χ3n) is 3.24. The Hall–Kier alpha value is -2.30. The van der Waals surface area contributed by atoms with E-state index in [1.54, 1.807) is 0 Å². The first-order valence-corrected chi connectivity index (χ1v) is 5.94. The van der Waals surface area contributed by atoms with Gasteiger partial charge in [0.25, 0.3) is 0 Å². The molecule has 0 fully saturated rings. The van der Waals surface area contributed by atoms with Crippen molar-refractivity contribution in [1.82, 2.24) is 9.78 Å². The number of nitrogen functional groups attached to an aromatic ring is 1. The number of hydrogen-bond donors (Lipinski definition) is 2. The summed E-state index contributed by atoms with van der Waals surface area (Å²) in [5.74, 6) is 1.28. The summed E-state index contributed by atoms with van der Waals surface area (Å²) in [5.41, 5.74) is 7.42. The standard InChI is InChI=1S/C13H15N5/c14-13(15)11-3-1-10(2-4-11)9-17-7-8-18-12(17)5-6-16-18/h1-6H,7-9H2,(H3,14,15). The van der Waals surface area contributed by atoms with Crippen LogP contribution in [0.15, 0.2) is 36.5 Å². The minimum absolute atomic E-state index is 0.112. The van der Waals surface area contributed by atoms with Crippen LogP contribution in [0.4, 0.5) is 5.82 Å². The van der Waals surface area contributed by atoms with Crippen molar-refractivity contribution in [2.45, 2.75) is 13.1 Å². The lowest BCUT2D eigenvalue weighted by Crippen LogP contribution is -2.19. The van der Waals surface area contributed by atoms with Gasteiger partial charge in [-0.1, -0.05) is 24.3 Å². The van der Waals surface area contributed by atoms with Crippen LogP contribution in [0.2, 0.25) is 0 Å². The predicted molar refractivity (Wildman–Crippen MR) is 70.7 cm³/mol. The van der Waals surface area contributed by atoms with Gasteiger partial charge in [-0.2, -0.15) is 5.10 Å². The molecule has 1 aliphatic rings. The average molecular weight is 241 g/mol. The lowest BCUT2D eigenvalue weighted by atomic mass is 10.1. The maximum atomic E-state index is 7.36. The van der Waals surface area contributed by atoms with E-state index in [0.29, 0.717) is 0 Å². The number of rotatable bonds is 3. The van der Waals surface area contributed by atoms with Crippen LogP contribution >= 0.6 is 0 Å². The number of fused-ring (bicyclic) bond motifs is 1. The second kappa shape index (κ2) is 4.18. The summed E-state index contributed by atoms with van der Waals surface area (Å²) in [6.45, 7) is 2.81. The topological polar surface area (TPSA) is 70.9 Å². The van der Waals surface area contributed by atoms with Crippen LogP contribution in [0.25, 0.3) is 0 Å². The zero-order valence-corrected chi connectivity index (χ0v) is 10.0. The smallest absolute Gasteiger partial charge is 0.127 e. The van der Waals surface area contributed by atoms with Gasteiger partial charge in [-0.25, -0.2) is 4.68 Å². The van der Waals surface area contributed by atoms with Crippen molar-refractivity contribution < 1.29 is 0 Å². The normalized spacial score (nSPS) is 13.7. The predicted octanol–water partition coefficient (Wildman–Crippen LogP) is 1.19. The number of nitrogens with zero attached hydrogens (tertiary/aromatic N) is 3. The van der Waals surface area contributed by atoms with E-state index in [1.807, 2.05) is 41.2 Å². The van der Waals surface area contributed by atoms with E-state index in [1.165, 1.54) is 11.4 Å². The summed E-state index contributed by atoms with van der Waals surface area (Å²) in [5, 5.41) is 11.6. The lowest BCUT2D eigenvalue weighted by Gasteiger charge is -2.16. The van der Waals surface area contributed by atoms with Crippen molar-refractivity contribution in [2.24, 2.45) is 5.73 Å². The molecule has 3 N–H and O–H groups in total. The molecule has 1 aromatic carbocycles. The Kier molecular flexibility index (Phi) is 2.51. The first-order valence-electron chi connectivity index (χ1n) is 5.94. The summed E-state index contributed by atoms with van der Waals surface area (Å²) < 4.78 is 2.02. The highest BCUT2D eigenvalue weighted by molar-refractivity contribution is 5.94. The third-order valence-corrected chi connectivity index (χ3v) is 3.24. The molecule has 0 unspecified atom stereocenters. The van der Waals surface area contributed by atoms with Gasteiger partial charge in [-0.05, 0) is 5.56 Å². The molecular formula is C13H15N5. The first-order chi connectivity index (χ1) is 8.74. The lowest BCUT2D eigenvalue weighted by molar-refractivity contribution is 0.686. The molecule has 1 aliphatic heterocycles. The van der Waals surface area contributed by atoms with Crippen molar-refractivity contribution in [3.8, 4) is 0 Å². The van der Waals surface area contributed by atoms with Crippen LogP contribution in [0.5, 0.6) is 0 Å². The molecular weight excluding hydrogens is 226 g/mol. The Labute approximate surface area is 105 Å². The Bertz CT molecular complexity index is 569. The van der Waals surface area contributed by atoms with Gasteiger partial charge in [0.2, 0.25) is 0 Å². The van der Waals surface area contributed by atoms with E-state index < -0.39 is 0 Å². The van der Waals surface area contributed by atoms with Crippen LogP contribution in [0, 0.1) is 5.41 Å². The van der Waals surface area contributed by atoms with Gasteiger partial charge >= 0.3 is 0 Å². The molecule has 5 heteroatoms. The summed E-state index contributed by atoms with van der Waals surface area (Å²) >= 11 is 0. The highest BCUT2D eigenvalue weighted by Gasteiger charge is 2.18. The molecule has 0 atom stereocenters. The van der Waals surface area contributed by atoms with Crippen molar-refractivity contribution in [3.05, 3.63) is 47.7 Å². The fourth-order valence-electron chi connectivity index (χ4n) is 2.27. The third kappa shape index (κ3) is 1.84. The van der Waals surface area contributed by atoms with Gasteiger partial charge in [0.05, 0.1) is 12.7 Å². The van der Waals surface area contributed by atoms with Gasteiger partial charge in [0.1, 0.15) is 11.7 Å². The minimum atomic E-state index is 0.112. The molecule has 2 heterocycles. The highest BCUT2D eigenvalue weighted by atomic mass is 15.4. The van der Waals surface area contributed by atoms with E-state index in [-0.39, 0.29) is 5.84 Å². The maximum absolute atomic E-state index is 7.36. The Morgan fingerprint density at radius 3 is 2.72 bits per heavy atom. The van der Waals surface area contributed by atoms with E-state index >= 15 is 0 Å². The summed E-state index contributed by atoms with van der Waals surface area (Å²) in [7, 11) is 0. The zero-order valence-electron chi connectivity index (χ0n) is 10.0. The molecule has 5 nitrogen and oxygen atoms in total. The Morgan fingerprint density at radius 1 is 1.22 bits per heavy atom. The largest absolute Gasteiger partial charge is 0.384 e.